The fraction of sp³-hybridized carbons (Fsp3) is 0.294. The van der Waals surface area contributed by atoms with Gasteiger partial charge in [-0.3, -0.25) is 4.79 Å². The van der Waals surface area contributed by atoms with Crippen LogP contribution in [0.4, 0.5) is 5.69 Å². The summed E-state index contributed by atoms with van der Waals surface area (Å²) in [5.41, 5.74) is 2.89. The Kier molecular flexibility index (Phi) is 3.96. The van der Waals surface area contributed by atoms with Gasteiger partial charge < -0.3 is 14.8 Å². The number of ether oxygens (including phenoxy) is 2. The van der Waals surface area contributed by atoms with Crippen LogP contribution in [-0.2, 0) is 4.79 Å². The SMILES string of the molecule is CCOc1ccc2c(c1)NC(=O)CC2c1ccc(OC)nc1. The van der Waals surface area contributed by atoms with E-state index in [1.165, 1.54) is 0 Å². The number of aromatic nitrogens is 1. The molecule has 0 saturated heterocycles. The molecule has 5 nitrogen and oxygen atoms in total. The largest absolute Gasteiger partial charge is 0.494 e. The summed E-state index contributed by atoms with van der Waals surface area (Å²) in [5.74, 6) is 1.32. The van der Waals surface area contributed by atoms with Crippen LogP contribution in [0.15, 0.2) is 36.5 Å². The lowest BCUT2D eigenvalue weighted by Crippen LogP contribution is -2.23. The van der Waals surface area contributed by atoms with Gasteiger partial charge in [-0.05, 0) is 24.1 Å². The Morgan fingerprint density at radius 3 is 2.86 bits per heavy atom. The lowest BCUT2D eigenvalue weighted by Gasteiger charge is -2.26. The Morgan fingerprint density at radius 1 is 1.32 bits per heavy atom. The molecule has 22 heavy (non-hydrogen) atoms. The molecule has 0 bridgehead atoms. The number of hydrogen-bond donors (Lipinski definition) is 1. The van der Waals surface area contributed by atoms with Crippen LogP contribution in [0.25, 0.3) is 0 Å². The molecule has 1 aliphatic rings. The number of methoxy groups -OCH3 is 1. The van der Waals surface area contributed by atoms with Crippen molar-refractivity contribution >= 4 is 11.6 Å². The first-order chi connectivity index (χ1) is 10.7. The van der Waals surface area contributed by atoms with Gasteiger partial charge >= 0.3 is 0 Å². The molecule has 1 unspecified atom stereocenters. The van der Waals surface area contributed by atoms with Crippen molar-refractivity contribution in [1.82, 2.24) is 4.98 Å². The van der Waals surface area contributed by atoms with Crippen molar-refractivity contribution in [3.63, 3.8) is 0 Å². The maximum atomic E-state index is 12.0. The minimum absolute atomic E-state index is 0.00182. The third-order valence-corrected chi connectivity index (χ3v) is 3.75. The van der Waals surface area contributed by atoms with Gasteiger partial charge in [-0.25, -0.2) is 4.98 Å². The van der Waals surface area contributed by atoms with E-state index in [1.54, 1.807) is 13.3 Å². The van der Waals surface area contributed by atoms with Crippen LogP contribution < -0.4 is 14.8 Å². The van der Waals surface area contributed by atoms with E-state index >= 15 is 0 Å². The monoisotopic (exact) mass is 298 g/mol. The molecule has 2 aromatic rings. The molecule has 1 amide bonds. The normalized spacial score (nSPS) is 16.6. The van der Waals surface area contributed by atoms with E-state index in [2.05, 4.69) is 10.3 Å². The molecular formula is C17H18N2O3. The van der Waals surface area contributed by atoms with E-state index in [-0.39, 0.29) is 11.8 Å². The van der Waals surface area contributed by atoms with Gasteiger partial charge in [0.2, 0.25) is 11.8 Å². The van der Waals surface area contributed by atoms with E-state index < -0.39 is 0 Å². The molecule has 1 aromatic carbocycles. The van der Waals surface area contributed by atoms with Gasteiger partial charge in [-0.2, -0.15) is 0 Å². The Labute approximate surface area is 129 Å². The maximum absolute atomic E-state index is 12.0. The second kappa shape index (κ2) is 6.05. The smallest absolute Gasteiger partial charge is 0.225 e. The van der Waals surface area contributed by atoms with E-state index in [9.17, 15) is 4.79 Å². The molecule has 1 atom stereocenters. The molecule has 0 spiro atoms. The summed E-state index contributed by atoms with van der Waals surface area (Å²) < 4.78 is 10.6. The minimum atomic E-state index is -0.00201. The van der Waals surface area contributed by atoms with Crippen molar-refractivity contribution in [2.24, 2.45) is 0 Å². The minimum Gasteiger partial charge on any atom is -0.494 e. The standard InChI is InChI=1S/C17H18N2O3/c1-3-22-12-5-6-13-14(9-16(20)19-15(13)8-12)11-4-7-17(21-2)18-10-11/h4-8,10,14H,3,9H2,1-2H3,(H,19,20). The van der Waals surface area contributed by atoms with Crippen LogP contribution in [0, 0.1) is 0 Å². The first kappa shape index (κ1) is 14.4. The number of nitrogens with zero attached hydrogens (tertiary/aromatic N) is 1. The second-order valence-corrected chi connectivity index (χ2v) is 5.12. The predicted molar refractivity (Wildman–Crippen MR) is 83.5 cm³/mol. The third kappa shape index (κ3) is 2.74. The highest BCUT2D eigenvalue weighted by Gasteiger charge is 2.27. The van der Waals surface area contributed by atoms with E-state index in [0.717, 1.165) is 22.6 Å². The molecule has 0 radical (unpaired) electrons. The van der Waals surface area contributed by atoms with Crippen LogP contribution in [0.5, 0.6) is 11.6 Å². The van der Waals surface area contributed by atoms with E-state index in [0.29, 0.717) is 18.9 Å². The lowest BCUT2D eigenvalue weighted by atomic mass is 9.85. The molecule has 3 rings (SSSR count). The molecule has 1 aromatic heterocycles. The van der Waals surface area contributed by atoms with E-state index in [1.807, 2.05) is 37.3 Å². The second-order valence-electron chi connectivity index (χ2n) is 5.12. The Balaban J connectivity index is 1.97. The van der Waals surface area contributed by atoms with Crippen LogP contribution in [0.3, 0.4) is 0 Å². The van der Waals surface area contributed by atoms with Crippen molar-refractivity contribution in [3.05, 3.63) is 47.7 Å². The van der Waals surface area contributed by atoms with Crippen molar-refractivity contribution in [3.8, 4) is 11.6 Å². The third-order valence-electron chi connectivity index (χ3n) is 3.75. The van der Waals surface area contributed by atoms with Crippen molar-refractivity contribution in [2.75, 3.05) is 19.0 Å². The maximum Gasteiger partial charge on any atom is 0.225 e. The molecular weight excluding hydrogens is 280 g/mol. The summed E-state index contributed by atoms with van der Waals surface area (Å²) in [5, 5.41) is 2.92. The zero-order chi connectivity index (χ0) is 15.5. The summed E-state index contributed by atoms with van der Waals surface area (Å²) >= 11 is 0. The molecule has 1 N–H and O–H groups in total. The summed E-state index contributed by atoms with van der Waals surface area (Å²) in [6.45, 7) is 2.53. The van der Waals surface area contributed by atoms with Crippen LogP contribution >= 0.6 is 0 Å². The molecule has 0 fully saturated rings. The van der Waals surface area contributed by atoms with Crippen molar-refractivity contribution in [2.45, 2.75) is 19.3 Å². The quantitative estimate of drug-likeness (QED) is 0.942. The first-order valence-electron chi connectivity index (χ1n) is 7.27. The lowest BCUT2D eigenvalue weighted by molar-refractivity contribution is -0.116. The van der Waals surface area contributed by atoms with Gasteiger partial charge in [-0.15, -0.1) is 0 Å². The highest BCUT2D eigenvalue weighted by atomic mass is 16.5. The first-order valence-corrected chi connectivity index (χ1v) is 7.27. The number of carbonyl (C=O) groups is 1. The molecule has 0 aliphatic carbocycles. The number of carbonyl (C=O) groups excluding carboxylic acids is 1. The molecule has 1 aliphatic heterocycles. The number of hydrogen-bond acceptors (Lipinski definition) is 4. The molecule has 5 heteroatoms. The van der Waals surface area contributed by atoms with Crippen LogP contribution in [0.1, 0.15) is 30.4 Å². The average molecular weight is 298 g/mol. The zero-order valence-corrected chi connectivity index (χ0v) is 12.6. The summed E-state index contributed by atoms with van der Waals surface area (Å²) in [7, 11) is 1.58. The van der Waals surface area contributed by atoms with Crippen LogP contribution in [-0.4, -0.2) is 24.6 Å². The van der Waals surface area contributed by atoms with E-state index in [4.69, 9.17) is 9.47 Å². The average Bonchev–Trinajstić information content (AvgIpc) is 2.54. The highest BCUT2D eigenvalue weighted by Crippen LogP contribution is 2.38. The van der Waals surface area contributed by atoms with Gasteiger partial charge in [0, 0.05) is 36.4 Å². The fourth-order valence-corrected chi connectivity index (χ4v) is 2.72. The van der Waals surface area contributed by atoms with Gasteiger partial charge in [-0.1, -0.05) is 12.1 Å². The van der Waals surface area contributed by atoms with Crippen LogP contribution in [0.2, 0.25) is 0 Å². The number of anilines is 1. The van der Waals surface area contributed by atoms with Gasteiger partial charge in [0.1, 0.15) is 5.75 Å². The Hall–Kier alpha value is -2.56. The molecule has 2 heterocycles. The highest BCUT2D eigenvalue weighted by molar-refractivity contribution is 5.95. The van der Waals surface area contributed by atoms with Crippen molar-refractivity contribution in [1.29, 1.82) is 0 Å². The predicted octanol–water partition coefficient (Wildman–Crippen LogP) is 2.96. The summed E-state index contributed by atoms with van der Waals surface area (Å²) in [6.07, 6.45) is 2.18. The molecule has 114 valence electrons. The number of rotatable bonds is 4. The Bertz CT molecular complexity index is 683. The number of benzene rings is 1. The summed E-state index contributed by atoms with van der Waals surface area (Å²) in [6, 6.07) is 9.59. The topological polar surface area (TPSA) is 60.5 Å². The Morgan fingerprint density at radius 2 is 2.18 bits per heavy atom. The molecule has 0 saturated carbocycles. The summed E-state index contributed by atoms with van der Waals surface area (Å²) in [4.78, 5) is 16.2. The number of nitrogens with one attached hydrogen (secondary N) is 1. The number of amides is 1. The van der Waals surface area contributed by atoms with Gasteiger partial charge in [0.15, 0.2) is 0 Å². The number of pyridine rings is 1. The van der Waals surface area contributed by atoms with Gasteiger partial charge in [0.25, 0.3) is 0 Å². The fourth-order valence-electron chi connectivity index (χ4n) is 2.72. The van der Waals surface area contributed by atoms with Gasteiger partial charge in [0.05, 0.1) is 13.7 Å². The zero-order valence-electron chi connectivity index (χ0n) is 12.6. The van der Waals surface area contributed by atoms with Crippen molar-refractivity contribution < 1.29 is 14.3 Å². The number of fused-ring (bicyclic) bond motifs is 1.